The highest BCUT2D eigenvalue weighted by molar-refractivity contribution is 7.89. The van der Waals surface area contributed by atoms with E-state index in [4.69, 9.17) is 17.3 Å². The van der Waals surface area contributed by atoms with Gasteiger partial charge in [0.05, 0.1) is 10.6 Å². The van der Waals surface area contributed by atoms with Crippen molar-refractivity contribution in [1.29, 1.82) is 0 Å². The van der Waals surface area contributed by atoms with Gasteiger partial charge in [-0.1, -0.05) is 11.6 Å². The molecule has 19 heavy (non-hydrogen) atoms. The van der Waals surface area contributed by atoms with Crippen molar-refractivity contribution in [2.24, 2.45) is 5.73 Å². The molecule has 0 atom stereocenters. The third-order valence-corrected chi connectivity index (χ3v) is 5.07. The summed E-state index contributed by atoms with van der Waals surface area (Å²) in [6.07, 6.45) is -4.62. The highest BCUT2D eigenvalue weighted by Crippen LogP contribution is 2.35. The summed E-state index contributed by atoms with van der Waals surface area (Å²) in [4.78, 5) is -0.545. The van der Waals surface area contributed by atoms with Crippen LogP contribution in [0, 0.1) is 0 Å². The summed E-state index contributed by atoms with van der Waals surface area (Å²) in [5.74, 6) is 0. The smallest absolute Gasteiger partial charge is 0.325 e. The van der Waals surface area contributed by atoms with Crippen LogP contribution in [-0.2, 0) is 16.2 Å². The fourth-order valence-electron chi connectivity index (χ4n) is 1.68. The van der Waals surface area contributed by atoms with Crippen molar-refractivity contribution in [2.75, 3.05) is 13.1 Å². The standard InChI is InChI=1S/C10H10ClF3N2O2S/c11-8-2-1-6(10(12,13)14)3-9(8)19(17,18)16-4-7(15)5-16/h1-3,7H,4-5,15H2. The third kappa shape index (κ3) is 2.71. The number of hydrogen-bond acceptors (Lipinski definition) is 3. The van der Waals surface area contributed by atoms with Crippen LogP contribution in [0.2, 0.25) is 5.02 Å². The Bertz CT molecular complexity index is 597. The Hall–Kier alpha value is -0.830. The van der Waals surface area contributed by atoms with Crippen molar-refractivity contribution in [3.8, 4) is 0 Å². The van der Waals surface area contributed by atoms with Gasteiger partial charge in [0.25, 0.3) is 0 Å². The summed E-state index contributed by atoms with van der Waals surface area (Å²) >= 11 is 5.69. The van der Waals surface area contributed by atoms with Crippen LogP contribution in [0.4, 0.5) is 13.2 Å². The maximum Gasteiger partial charge on any atom is 0.416 e. The van der Waals surface area contributed by atoms with Crippen LogP contribution >= 0.6 is 11.6 Å². The van der Waals surface area contributed by atoms with E-state index in [9.17, 15) is 21.6 Å². The van der Waals surface area contributed by atoms with Crippen molar-refractivity contribution in [3.05, 3.63) is 28.8 Å². The summed E-state index contributed by atoms with van der Waals surface area (Å²) < 4.78 is 62.9. The first-order chi connectivity index (χ1) is 8.62. The van der Waals surface area contributed by atoms with Gasteiger partial charge in [-0.15, -0.1) is 0 Å². The molecule has 1 saturated heterocycles. The maximum atomic E-state index is 12.6. The number of sulfonamides is 1. The second-order valence-electron chi connectivity index (χ2n) is 4.23. The Morgan fingerprint density at radius 2 is 1.89 bits per heavy atom. The molecule has 106 valence electrons. The zero-order chi connectivity index (χ0) is 14.4. The Balaban J connectivity index is 2.44. The number of benzene rings is 1. The van der Waals surface area contributed by atoms with Crippen molar-refractivity contribution in [1.82, 2.24) is 4.31 Å². The number of halogens is 4. The molecule has 0 amide bonds. The van der Waals surface area contributed by atoms with Crippen LogP contribution in [-0.4, -0.2) is 31.9 Å². The Kier molecular flexibility index (Phi) is 3.54. The molecule has 2 rings (SSSR count). The number of nitrogens with zero attached hydrogens (tertiary/aromatic N) is 1. The molecule has 4 nitrogen and oxygen atoms in total. The van der Waals surface area contributed by atoms with Gasteiger partial charge in [0.2, 0.25) is 10.0 Å². The zero-order valence-corrected chi connectivity index (χ0v) is 11.1. The van der Waals surface area contributed by atoms with Gasteiger partial charge in [-0.25, -0.2) is 8.42 Å². The van der Waals surface area contributed by atoms with Crippen molar-refractivity contribution in [3.63, 3.8) is 0 Å². The quantitative estimate of drug-likeness (QED) is 0.903. The van der Waals surface area contributed by atoms with E-state index in [1.54, 1.807) is 0 Å². The lowest BCUT2D eigenvalue weighted by molar-refractivity contribution is -0.137. The first kappa shape index (κ1) is 14.6. The maximum absolute atomic E-state index is 12.6. The lowest BCUT2D eigenvalue weighted by Gasteiger charge is -2.35. The molecule has 0 aromatic heterocycles. The monoisotopic (exact) mass is 314 g/mol. The van der Waals surface area contributed by atoms with E-state index >= 15 is 0 Å². The molecule has 9 heteroatoms. The van der Waals surface area contributed by atoms with Gasteiger partial charge in [0, 0.05) is 19.1 Å². The van der Waals surface area contributed by atoms with Gasteiger partial charge in [-0.3, -0.25) is 0 Å². The second kappa shape index (κ2) is 4.62. The van der Waals surface area contributed by atoms with E-state index in [1.165, 1.54) is 0 Å². The summed E-state index contributed by atoms with van der Waals surface area (Å²) in [6.45, 7) is 0.157. The summed E-state index contributed by atoms with van der Waals surface area (Å²) in [6, 6.07) is 1.92. The number of hydrogen-bond donors (Lipinski definition) is 1. The van der Waals surface area contributed by atoms with E-state index in [2.05, 4.69) is 0 Å². The predicted molar refractivity (Wildman–Crippen MR) is 63.2 cm³/mol. The molecule has 2 N–H and O–H groups in total. The first-order valence-electron chi connectivity index (χ1n) is 5.25. The lowest BCUT2D eigenvalue weighted by Crippen LogP contribution is -2.57. The normalized spacial score (nSPS) is 18.4. The highest BCUT2D eigenvalue weighted by atomic mass is 35.5. The Labute approximate surface area is 113 Å². The molecule has 1 aliphatic rings. The molecule has 1 aromatic carbocycles. The van der Waals surface area contributed by atoms with Crippen LogP contribution in [0.5, 0.6) is 0 Å². The zero-order valence-electron chi connectivity index (χ0n) is 9.48. The molecule has 0 spiro atoms. The summed E-state index contributed by atoms with van der Waals surface area (Å²) in [7, 11) is -4.03. The molecule has 1 aromatic rings. The van der Waals surface area contributed by atoms with Crippen molar-refractivity contribution in [2.45, 2.75) is 17.1 Å². The Morgan fingerprint density at radius 3 is 2.37 bits per heavy atom. The van der Waals surface area contributed by atoms with E-state index < -0.39 is 26.7 Å². The minimum atomic E-state index is -4.62. The molecular formula is C10H10ClF3N2O2S. The van der Waals surface area contributed by atoms with Gasteiger partial charge in [0.1, 0.15) is 4.90 Å². The molecule has 1 heterocycles. The number of nitrogens with two attached hydrogens (primary N) is 1. The van der Waals surface area contributed by atoms with Crippen LogP contribution in [0.1, 0.15) is 5.56 Å². The number of alkyl halides is 3. The van der Waals surface area contributed by atoms with Crippen LogP contribution < -0.4 is 5.73 Å². The van der Waals surface area contributed by atoms with E-state index in [0.717, 1.165) is 16.4 Å². The minimum absolute atomic E-state index is 0.0783. The Morgan fingerprint density at radius 1 is 1.32 bits per heavy atom. The fourth-order valence-corrected chi connectivity index (χ4v) is 3.74. The minimum Gasteiger partial charge on any atom is -0.325 e. The van der Waals surface area contributed by atoms with Crippen molar-refractivity contribution < 1.29 is 21.6 Å². The molecule has 0 bridgehead atoms. The second-order valence-corrected chi connectivity index (χ2v) is 6.54. The lowest BCUT2D eigenvalue weighted by atomic mass is 10.2. The first-order valence-corrected chi connectivity index (χ1v) is 7.06. The van der Waals surface area contributed by atoms with E-state index in [0.29, 0.717) is 6.07 Å². The topological polar surface area (TPSA) is 63.4 Å². The fraction of sp³-hybridized carbons (Fsp3) is 0.400. The largest absolute Gasteiger partial charge is 0.416 e. The predicted octanol–water partition coefficient (Wildman–Crippen LogP) is 1.69. The van der Waals surface area contributed by atoms with Crippen LogP contribution in [0.3, 0.4) is 0 Å². The SMILES string of the molecule is NC1CN(S(=O)(=O)c2cc(C(F)(F)F)ccc2Cl)C1. The molecule has 0 aliphatic carbocycles. The van der Waals surface area contributed by atoms with Gasteiger partial charge < -0.3 is 5.73 Å². The molecule has 0 saturated carbocycles. The summed E-state index contributed by atoms with van der Waals surface area (Å²) in [5, 5.41) is -0.242. The molecule has 0 unspecified atom stereocenters. The average Bonchev–Trinajstić information content (AvgIpc) is 2.23. The molecule has 1 aliphatic heterocycles. The number of rotatable bonds is 2. The average molecular weight is 315 g/mol. The van der Waals surface area contributed by atoms with Gasteiger partial charge >= 0.3 is 6.18 Å². The molecule has 1 fully saturated rings. The highest BCUT2D eigenvalue weighted by Gasteiger charge is 2.38. The van der Waals surface area contributed by atoms with Gasteiger partial charge in [-0.2, -0.15) is 17.5 Å². The van der Waals surface area contributed by atoms with Crippen molar-refractivity contribution >= 4 is 21.6 Å². The van der Waals surface area contributed by atoms with Crippen LogP contribution in [0.15, 0.2) is 23.1 Å². The van der Waals surface area contributed by atoms with Gasteiger partial charge in [-0.05, 0) is 18.2 Å². The molecular weight excluding hydrogens is 305 g/mol. The van der Waals surface area contributed by atoms with Gasteiger partial charge in [0.15, 0.2) is 0 Å². The summed E-state index contributed by atoms with van der Waals surface area (Å²) in [5.41, 5.74) is 4.41. The van der Waals surface area contributed by atoms with E-state index in [-0.39, 0.29) is 24.2 Å². The third-order valence-electron chi connectivity index (χ3n) is 2.75. The van der Waals surface area contributed by atoms with E-state index in [1.807, 2.05) is 0 Å². The molecule has 0 radical (unpaired) electrons. The van der Waals surface area contributed by atoms with Crippen LogP contribution in [0.25, 0.3) is 0 Å².